The number of oxime groups is 1. The molecule has 2 aromatic rings. The molecule has 0 saturated heterocycles. The Bertz CT molecular complexity index is 747. The smallest absolute Gasteiger partial charge is 0.264 e. The van der Waals surface area contributed by atoms with Crippen LogP contribution in [0.15, 0.2) is 53.8 Å². The van der Waals surface area contributed by atoms with E-state index < -0.39 is 6.10 Å². The molecule has 1 aromatic heterocycles. The van der Waals surface area contributed by atoms with E-state index in [1.54, 1.807) is 18.3 Å². The first-order chi connectivity index (χ1) is 12.1. The Labute approximate surface area is 145 Å². The van der Waals surface area contributed by atoms with Crippen LogP contribution in [0.2, 0.25) is 0 Å². The van der Waals surface area contributed by atoms with Crippen molar-refractivity contribution in [1.29, 1.82) is 0 Å². The van der Waals surface area contributed by atoms with Gasteiger partial charge in [0.15, 0.2) is 0 Å². The minimum atomic E-state index is -0.657. The second-order valence-electron chi connectivity index (χ2n) is 6.01. The zero-order valence-corrected chi connectivity index (χ0v) is 14.0. The average molecular weight is 341 g/mol. The van der Waals surface area contributed by atoms with Crippen LogP contribution in [-0.2, 0) is 16.1 Å². The van der Waals surface area contributed by atoms with Gasteiger partial charge >= 0.3 is 0 Å². The number of halogens is 1. The van der Waals surface area contributed by atoms with E-state index in [0.717, 1.165) is 24.1 Å². The van der Waals surface area contributed by atoms with E-state index in [1.165, 1.54) is 12.1 Å². The molecule has 2 atom stereocenters. The summed E-state index contributed by atoms with van der Waals surface area (Å²) in [7, 11) is 0. The summed E-state index contributed by atoms with van der Waals surface area (Å²) < 4.78 is 13.0. The number of carbonyl (C=O) groups is 1. The fraction of sp³-hybridized carbons (Fsp3) is 0.316. The molecule has 0 unspecified atom stereocenters. The van der Waals surface area contributed by atoms with Gasteiger partial charge in [-0.2, -0.15) is 0 Å². The summed E-state index contributed by atoms with van der Waals surface area (Å²) in [6.07, 6.45) is 2.71. The summed E-state index contributed by atoms with van der Waals surface area (Å²) in [5.41, 5.74) is 2.43. The Hall–Kier alpha value is -2.76. The third kappa shape index (κ3) is 4.21. The lowest BCUT2D eigenvalue weighted by atomic mass is 9.94. The quantitative estimate of drug-likeness (QED) is 0.822. The molecule has 1 N–H and O–H groups in total. The zero-order valence-electron chi connectivity index (χ0n) is 14.0. The summed E-state index contributed by atoms with van der Waals surface area (Å²) >= 11 is 0. The van der Waals surface area contributed by atoms with E-state index in [0.29, 0.717) is 12.3 Å². The molecule has 0 aliphatic carbocycles. The summed E-state index contributed by atoms with van der Waals surface area (Å²) in [4.78, 5) is 21.9. The number of pyridine rings is 1. The molecular weight excluding hydrogens is 321 g/mol. The maximum absolute atomic E-state index is 13.0. The standard InChI is InChI=1S/C19H20FN3O2/c1-13-17(14-7-9-15(20)10-8-14)23-25-18(13)19(24)22-12-4-6-16-5-2-3-11-21-16/h2-3,5,7-11,13,18H,4,6,12H2,1H3,(H,22,24)/t13-,18-/m1/s1. The molecule has 0 radical (unpaired) electrons. The molecule has 0 fully saturated rings. The van der Waals surface area contributed by atoms with Gasteiger partial charge in [0.1, 0.15) is 5.82 Å². The molecule has 0 bridgehead atoms. The summed E-state index contributed by atoms with van der Waals surface area (Å²) in [5, 5.41) is 6.90. The third-order valence-electron chi connectivity index (χ3n) is 4.18. The highest BCUT2D eigenvalue weighted by molar-refractivity contribution is 6.05. The van der Waals surface area contributed by atoms with Crippen molar-refractivity contribution in [3.05, 3.63) is 65.7 Å². The van der Waals surface area contributed by atoms with E-state index in [2.05, 4.69) is 15.5 Å². The molecule has 6 heteroatoms. The molecule has 1 aromatic carbocycles. The highest BCUT2D eigenvalue weighted by Crippen LogP contribution is 2.23. The van der Waals surface area contributed by atoms with E-state index in [-0.39, 0.29) is 17.6 Å². The molecule has 130 valence electrons. The summed E-state index contributed by atoms with van der Waals surface area (Å²) in [6, 6.07) is 11.8. The van der Waals surface area contributed by atoms with Gasteiger partial charge in [0.2, 0.25) is 6.10 Å². The lowest BCUT2D eigenvalue weighted by Crippen LogP contribution is -2.39. The molecule has 25 heavy (non-hydrogen) atoms. The van der Waals surface area contributed by atoms with Gasteiger partial charge < -0.3 is 10.2 Å². The molecule has 2 heterocycles. The molecular formula is C19H20FN3O2. The highest BCUT2D eigenvalue weighted by Gasteiger charge is 2.36. The maximum atomic E-state index is 13.0. The number of nitrogens with zero attached hydrogens (tertiary/aromatic N) is 2. The van der Waals surface area contributed by atoms with Crippen molar-refractivity contribution in [3.63, 3.8) is 0 Å². The predicted octanol–water partition coefficient (Wildman–Crippen LogP) is 2.71. The van der Waals surface area contributed by atoms with Gasteiger partial charge in [0.25, 0.3) is 5.91 Å². The van der Waals surface area contributed by atoms with Crippen LogP contribution in [0.25, 0.3) is 0 Å². The zero-order chi connectivity index (χ0) is 17.6. The number of benzene rings is 1. The normalized spacial score (nSPS) is 19.2. The number of aromatic nitrogens is 1. The number of carbonyl (C=O) groups excluding carboxylic acids is 1. The van der Waals surface area contributed by atoms with Crippen LogP contribution in [0.1, 0.15) is 24.6 Å². The van der Waals surface area contributed by atoms with Crippen molar-refractivity contribution in [2.24, 2.45) is 11.1 Å². The minimum Gasteiger partial charge on any atom is -0.381 e. The second-order valence-corrected chi connectivity index (χ2v) is 6.01. The number of nitrogens with one attached hydrogen (secondary N) is 1. The van der Waals surface area contributed by atoms with Crippen LogP contribution in [0.4, 0.5) is 4.39 Å². The Kier molecular flexibility index (Phi) is 5.38. The predicted molar refractivity (Wildman–Crippen MR) is 92.5 cm³/mol. The van der Waals surface area contributed by atoms with Crippen molar-refractivity contribution in [3.8, 4) is 0 Å². The van der Waals surface area contributed by atoms with Gasteiger partial charge in [-0.3, -0.25) is 9.78 Å². The fourth-order valence-corrected chi connectivity index (χ4v) is 2.77. The van der Waals surface area contributed by atoms with Crippen molar-refractivity contribution in [2.75, 3.05) is 6.54 Å². The monoisotopic (exact) mass is 341 g/mol. The van der Waals surface area contributed by atoms with E-state index >= 15 is 0 Å². The lowest BCUT2D eigenvalue weighted by Gasteiger charge is -2.14. The molecule has 1 aliphatic heterocycles. The number of aryl methyl sites for hydroxylation is 1. The average Bonchev–Trinajstić information content (AvgIpc) is 3.02. The minimum absolute atomic E-state index is 0.186. The van der Waals surface area contributed by atoms with Gasteiger partial charge in [0, 0.05) is 18.4 Å². The number of rotatable bonds is 6. The molecule has 1 aliphatic rings. The molecule has 0 saturated carbocycles. The SMILES string of the molecule is C[C@@H]1C(c2ccc(F)cc2)=NO[C@H]1C(=O)NCCCc1ccccn1. The molecule has 5 nitrogen and oxygen atoms in total. The number of amides is 1. The van der Waals surface area contributed by atoms with Crippen LogP contribution in [0.5, 0.6) is 0 Å². The fourth-order valence-electron chi connectivity index (χ4n) is 2.77. The van der Waals surface area contributed by atoms with Crippen molar-refractivity contribution >= 4 is 11.6 Å². The second kappa shape index (κ2) is 7.88. The Morgan fingerprint density at radius 3 is 2.76 bits per heavy atom. The van der Waals surface area contributed by atoms with E-state index in [9.17, 15) is 9.18 Å². The van der Waals surface area contributed by atoms with Gasteiger partial charge in [0.05, 0.1) is 11.6 Å². The van der Waals surface area contributed by atoms with Crippen LogP contribution in [-0.4, -0.2) is 29.3 Å². The first-order valence-corrected chi connectivity index (χ1v) is 8.32. The molecule has 1 amide bonds. The Morgan fingerprint density at radius 1 is 1.24 bits per heavy atom. The van der Waals surface area contributed by atoms with E-state index in [4.69, 9.17) is 4.84 Å². The van der Waals surface area contributed by atoms with E-state index in [1.807, 2.05) is 25.1 Å². The number of hydrogen-bond acceptors (Lipinski definition) is 4. The molecule has 3 rings (SSSR count). The molecule has 0 spiro atoms. The third-order valence-corrected chi connectivity index (χ3v) is 4.18. The largest absolute Gasteiger partial charge is 0.381 e. The lowest BCUT2D eigenvalue weighted by molar-refractivity contribution is -0.132. The van der Waals surface area contributed by atoms with Crippen LogP contribution in [0, 0.1) is 11.7 Å². The number of hydrogen-bond donors (Lipinski definition) is 1. The van der Waals surface area contributed by atoms with Gasteiger partial charge in [-0.15, -0.1) is 0 Å². The first kappa shape index (κ1) is 17.1. The van der Waals surface area contributed by atoms with Crippen LogP contribution < -0.4 is 5.32 Å². The van der Waals surface area contributed by atoms with Crippen LogP contribution >= 0.6 is 0 Å². The topological polar surface area (TPSA) is 63.6 Å². The maximum Gasteiger partial charge on any atom is 0.264 e. The Morgan fingerprint density at radius 2 is 2.04 bits per heavy atom. The summed E-state index contributed by atoms with van der Waals surface area (Å²) in [6.45, 7) is 2.43. The van der Waals surface area contributed by atoms with Crippen molar-refractivity contribution in [1.82, 2.24) is 10.3 Å². The first-order valence-electron chi connectivity index (χ1n) is 8.32. The highest BCUT2D eigenvalue weighted by atomic mass is 19.1. The van der Waals surface area contributed by atoms with Crippen molar-refractivity contribution < 1.29 is 14.0 Å². The Balaban J connectivity index is 1.48. The summed E-state index contributed by atoms with van der Waals surface area (Å²) in [5.74, 6) is -0.686. The van der Waals surface area contributed by atoms with Crippen molar-refractivity contribution in [2.45, 2.75) is 25.9 Å². The van der Waals surface area contributed by atoms with Crippen LogP contribution in [0.3, 0.4) is 0 Å². The van der Waals surface area contributed by atoms with Gasteiger partial charge in [-0.05, 0) is 42.7 Å². The van der Waals surface area contributed by atoms with Gasteiger partial charge in [-0.1, -0.05) is 30.3 Å². The van der Waals surface area contributed by atoms with Gasteiger partial charge in [-0.25, -0.2) is 4.39 Å².